The van der Waals surface area contributed by atoms with E-state index in [4.69, 9.17) is 38.1 Å². The van der Waals surface area contributed by atoms with E-state index < -0.39 is 11.9 Å². The Bertz CT molecular complexity index is 1370. The van der Waals surface area contributed by atoms with Crippen LogP contribution in [0, 0.1) is 5.82 Å². The first-order valence-electron chi connectivity index (χ1n) is 11.3. The van der Waals surface area contributed by atoms with Crippen molar-refractivity contribution in [2.75, 3.05) is 43.9 Å². The molecule has 6 nitrogen and oxygen atoms in total. The van der Waals surface area contributed by atoms with E-state index in [0.717, 1.165) is 42.7 Å². The number of aromatic nitrogens is 1. The fourth-order valence-electron chi connectivity index (χ4n) is 4.39. The van der Waals surface area contributed by atoms with Gasteiger partial charge in [0, 0.05) is 54.2 Å². The molecule has 1 fully saturated rings. The van der Waals surface area contributed by atoms with Gasteiger partial charge in [0.25, 0.3) is 0 Å². The second kappa shape index (κ2) is 9.57. The number of piperazine rings is 1. The molecule has 0 amide bonds. The van der Waals surface area contributed by atoms with Gasteiger partial charge in [0.15, 0.2) is 11.4 Å². The predicted molar refractivity (Wildman–Crippen MR) is 139 cm³/mol. The molecule has 35 heavy (non-hydrogen) atoms. The van der Waals surface area contributed by atoms with Crippen molar-refractivity contribution in [3.8, 4) is 16.9 Å². The molecular weight excluding hydrogens is 490 g/mol. The zero-order valence-electron chi connectivity index (χ0n) is 19.4. The number of benzene rings is 2. The molecule has 1 saturated heterocycles. The molecular formula is C26H25Cl2FN4O2. The van der Waals surface area contributed by atoms with Crippen molar-refractivity contribution in [1.82, 2.24) is 9.88 Å². The number of fused-ring (bicyclic) bond motifs is 1. The Morgan fingerprint density at radius 3 is 2.51 bits per heavy atom. The molecule has 0 radical (unpaired) electrons. The SMILES string of the molecule is C[C@@H](Oc1c(N)ncc2c(-c3ccc(N4CCN(C)CC4)cc3)coc12)c1c(Cl)ccc(F)c1Cl. The van der Waals surface area contributed by atoms with Gasteiger partial charge in [-0.1, -0.05) is 35.3 Å². The quantitative estimate of drug-likeness (QED) is 0.310. The first-order chi connectivity index (χ1) is 16.8. The van der Waals surface area contributed by atoms with Crippen LogP contribution in [-0.2, 0) is 0 Å². The molecule has 5 rings (SSSR count). The fourth-order valence-corrected chi connectivity index (χ4v) is 5.06. The molecule has 2 N–H and O–H groups in total. The van der Waals surface area contributed by atoms with E-state index in [0.29, 0.717) is 16.2 Å². The minimum atomic E-state index is -0.697. The van der Waals surface area contributed by atoms with E-state index in [1.165, 1.54) is 17.8 Å². The highest BCUT2D eigenvalue weighted by atomic mass is 35.5. The lowest BCUT2D eigenvalue weighted by Gasteiger charge is -2.34. The van der Waals surface area contributed by atoms with E-state index in [1.807, 2.05) is 0 Å². The Kier molecular flexibility index (Phi) is 6.49. The standard InChI is InChI=1S/C26H25Cl2FN4O2/c1-15(22-20(27)7-8-21(29)23(22)28)35-25-24-18(13-31-26(25)30)19(14-34-24)16-3-5-17(6-4-16)33-11-9-32(2)10-12-33/h3-8,13-15H,9-12H2,1-2H3,(H2,30,31)/t15-/m1/s1. The summed E-state index contributed by atoms with van der Waals surface area (Å²) in [6.45, 7) is 5.83. The van der Waals surface area contributed by atoms with Gasteiger partial charge >= 0.3 is 0 Å². The lowest BCUT2D eigenvalue weighted by atomic mass is 10.0. The monoisotopic (exact) mass is 514 g/mol. The molecule has 3 heterocycles. The molecule has 0 aliphatic carbocycles. The smallest absolute Gasteiger partial charge is 0.205 e. The number of rotatable bonds is 5. The van der Waals surface area contributed by atoms with Crippen LogP contribution in [0.2, 0.25) is 10.0 Å². The first-order valence-corrected chi connectivity index (χ1v) is 12.1. The number of halogens is 3. The van der Waals surface area contributed by atoms with E-state index in [9.17, 15) is 4.39 Å². The van der Waals surface area contributed by atoms with Crippen molar-refractivity contribution < 1.29 is 13.5 Å². The maximum Gasteiger partial charge on any atom is 0.205 e. The third kappa shape index (κ3) is 4.51. The number of hydrogen-bond donors (Lipinski definition) is 1. The molecule has 1 aliphatic rings. The van der Waals surface area contributed by atoms with Gasteiger partial charge in [-0.05, 0) is 43.8 Å². The van der Waals surface area contributed by atoms with Crippen molar-refractivity contribution in [1.29, 1.82) is 0 Å². The van der Waals surface area contributed by atoms with E-state index in [-0.39, 0.29) is 16.6 Å². The Labute approximate surface area is 213 Å². The van der Waals surface area contributed by atoms with Crippen LogP contribution in [0.4, 0.5) is 15.9 Å². The van der Waals surface area contributed by atoms with Gasteiger partial charge in [-0.25, -0.2) is 9.37 Å². The highest BCUT2D eigenvalue weighted by Gasteiger charge is 2.23. The molecule has 0 bridgehead atoms. The van der Waals surface area contributed by atoms with Crippen LogP contribution in [0.3, 0.4) is 0 Å². The second-order valence-corrected chi connectivity index (χ2v) is 9.50. The minimum absolute atomic E-state index is 0.0933. The molecule has 2 aromatic heterocycles. The Balaban J connectivity index is 1.45. The first kappa shape index (κ1) is 23.7. The number of nitrogen functional groups attached to an aromatic ring is 1. The zero-order valence-corrected chi connectivity index (χ0v) is 20.9. The maximum atomic E-state index is 14.0. The van der Waals surface area contributed by atoms with E-state index in [2.05, 4.69) is 46.1 Å². The third-order valence-corrected chi connectivity index (χ3v) is 7.14. The summed E-state index contributed by atoms with van der Waals surface area (Å²) in [4.78, 5) is 9.03. The second-order valence-electron chi connectivity index (χ2n) is 8.72. The van der Waals surface area contributed by atoms with Crippen LogP contribution < -0.4 is 15.4 Å². The van der Waals surface area contributed by atoms with E-state index >= 15 is 0 Å². The number of pyridine rings is 1. The van der Waals surface area contributed by atoms with Crippen molar-refractivity contribution >= 4 is 45.7 Å². The Hall–Kier alpha value is -3.00. The highest BCUT2D eigenvalue weighted by Crippen LogP contribution is 2.41. The van der Waals surface area contributed by atoms with Gasteiger partial charge in [-0.2, -0.15) is 0 Å². The van der Waals surface area contributed by atoms with Crippen LogP contribution in [0.25, 0.3) is 22.1 Å². The van der Waals surface area contributed by atoms with Crippen molar-refractivity contribution in [3.05, 3.63) is 70.3 Å². The Morgan fingerprint density at radius 2 is 1.80 bits per heavy atom. The summed E-state index contributed by atoms with van der Waals surface area (Å²) in [6, 6.07) is 11.0. The van der Waals surface area contributed by atoms with Gasteiger partial charge in [0.2, 0.25) is 5.75 Å². The number of furan rings is 1. The van der Waals surface area contributed by atoms with E-state index in [1.54, 1.807) is 19.4 Å². The number of anilines is 2. The summed E-state index contributed by atoms with van der Waals surface area (Å²) in [6.07, 6.45) is 2.63. The summed E-state index contributed by atoms with van der Waals surface area (Å²) >= 11 is 12.4. The molecule has 9 heteroatoms. The average molecular weight is 515 g/mol. The predicted octanol–water partition coefficient (Wildman–Crippen LogP) is 6.41. The molecule has 0 spiro atoms. The number of likely N-dealkylation sites (N-methyl/N-ethyl adjacent to an activating group) is 1. The van der Waals surface area contributed by atoms with Crippen LogP contribution in [0.5, 0.6) is 5.75 Å². The van der Waals surface area contributed by atoms with Gasteiger partial charge in [-0.3, -0.25) is 0 Å². The molecule has 2 aromatic carbocycles. The van der Waals surface area contributed by atoms with Crippen molar-refractivity contribution in [2.45, 2.75) is 13.0 Å². The van der Waals surface area contributed by atoms with Crippen molar-refractivity contribution in [3.63, 3.8) is 0 Å². The molecule has 1 aliphatic heterocycles. The maximum absolute atomic E-state index is 14.0. The van der Waals surface area contributed by atoms with Crippen LogP contribution in [-0.4, -0.2) is 43.1 Å². The molecule has 4 aromatic rings. The third-order valence-electron chi connectivity index (χ3n) is 6.43. The van der Waals surface area contributed by atoms with Gasteiger partial charge < -0.3 is 24.7 Å². The molecule has 0 unspecified atom stereocenters. The summed E-state index contributed by atoms with van der Waals surface area (Å²) in [7, 11) is 2.14. The highest BCUT2D eigenvalue weighted by molar-refractivity contribution is 6.36. The van der Waals surface area contributed by atoms with Crippen molar-refractivity contribution in [2.24, 2.45) is 0 Å². The van der Waals surface area contributed by atoms with Crippen LogP contribution >= 0.6 is 23.2 Å². The number of hydrogen-bond acceptors (Lipinski definition) is 6. The van der Waals surface area contributed by atoms with Crippen LogP contribution in [0.1, 0.15) is 18.6 Å². The average Bonchev–Trinajstić information content (AvgIpc) is 3.28. The van der Waals surface area contributed by atoms with Gasteiger partial charge in [-0.15, -0.1) is 0 Å². The number of nitrogens with two attached hydrogens (primary N) is 1. The molecule has 0 saturated carbocycles. The summed E-state index contributed by atoms with van der Waals surface area (Å²) in [5.41, 5.74) is 9.97. The summed E-state index contributed by atoms with van der Waals surface area (Å²) < 4.78 is 26.0. The number of ether oxygens (including phenoxy) is 1. The van der Waals surface area contributed by atoms with Gasteiger partial charge in [0.05, 0.1) is 16.7 Å². The zero-order chi connectivity index (χ0) is 24.7. The van der Waals surface area contributed by atoms with Crippen LogP contribution in [0.15, 0.2) is 53.3 Å². The normalized spacial score (nSPS) is 15.5. The largest absolute Gasteiger partial charge is 0.478 e. The lowest BCUT2D eigenvalue weighted by molar-refractivity contribution is 0.227. The fraction of sp³-hybridized carbons (Fsp3) is 0.269. The van der Waals surface area contributed by atoms with Gasteiger partial charge in [0.1, 0.15) is 11.9 Å². The topological polar surface area (TPSA) is 67.8 Å². The molecule has 1 atom stereocenters. The number of nitrogens with zero attached hydrogens (tertiary/aromatic N) is 3. The summed E-state index contributed by atoms with van der Waals surface area (Å²) in [5.74, 6) is -0.169. The lowest BCUT2D eigenvalue weighted by Crippen LogP contribution is -2.44. The minimum Gasteiger partial charge on any atom is -0.478 e. The summed E-state index contributed by atoms with van der Waals surface area (Å²) in [5, 5.41) is 0.956. The Morgan fingerprint density at radius 1 is 1.09 bits per heavy atom. The molecule has 182 valence electrons.